The molecule has 1 aliphatic rings. The van der Waals surface area contributed by atoms with Gasteiger partial charge in [0.1, 0.15) is 10.7 Å². The zero-order chi connectivity index (χ0) is 21.0. The summed E-state index contributed by atoms with van der Waals surface area (Å²) in [6.45, 7) is 11.4. The largest absolute Gasteiger partial charge is 0.352 e. The number of hydrogen-bond donors (Lipinski definition) is 2. The third-order valence-corrected chi connectivity index (χ3v) is 7.94. The van der Waals surface area contributed by atoms with Gasteiger partial charge >= 0.3 is 0 Å². The number of unbranched alkanes of at least 4 members (excludes halogenated alkanes) is 1. The summed E-state index contributed by atoms with van der Waals surface area (Å²) < 4.78 is 0. The Morgan fingerprint density at radius 2 is 2.10 bits per heavy atom. The maximum absolute atomic E-state index is 12.6. The number of aromatic amines is 1. The summed E-state index contributed by atoms with van der Waals surface area (Å²) in [5.74, 6) is 1.23. The van der Waals surface area contributed by atoms with Crippen LogP contribution in [0.5, 0.6) is 0 Å². The third kappa shape index (κ3) is 5.61. The molecule has 3 heterocycles. The first kappa shape index (κ1) is 22.3. The van der Waals surface area contributed by atoms with Gasteiger partial charge in [-0.3, -0.25) is 9.59 Å². The third-order valence-electron chi connectivity index (χ3n) is 5.69. The maximum atomic E-state index is 12.6. The molecule has 0 aliphatic carbocycles. The lowest BCUT2D eigenvalue weighted by Gasteiger charge is -2.32. The quantitative estimate of drug-likeness (QED) is 0.661. The van der Waals surface area contributed by atoms with E-state index in [9.17, 15) is 9.59 Å². The number of aryl methyl sites for hydroxylation is 2. The molecule has 3 rings (SSSR count). The number of rotatable bonds is 8. The number of likely N-dealkylation sites (tertiary alicyclic amines) is 1. The summed E-state index contributed by atoms with van der Waals surface area (Å²) in [5.41, 5.74) is 0.922. The highest BCUT2D eigenvalue weighted by atomic mass is 32.2. The zero-order valence-corrected chi connectivity index (χ0v) is 19.5. The summed E-state index contributed by atoms with van der Waals surface area (Å²) >= 11 is 3.07. The van der Waals surface area contributed by atoms with E-state index in [4.69, 9.17) is 0 Å². The zero-order valence-electron chi connectivity index (χ0n) is 17.8. The van der Waals surface area contributed by atoms with Crippen molar-refractivity contribution in [3.63, 3.8) is 0 Å². The van der Waals surface area contributed by atoms with Gasteiger partial charge in [0, 0.05) is 24.0 Å². The Kier molecular flexibility index (Phi) is 7.76. The fourth-order valence-electron chi connectivity index (χ4n) is 3.65. The van der Waals surface area contributed by atoms with Crippen LogP contribution in [0.25, 0.3) is 10.2 Å². The van der Waals surface area contributed by atoms with Gasteiger partial charge in [-0.2, -0.15) is 0 Å². The number of hydrogen-bond acceptors (Lipinski definition) is 6. The van der Waals surface area contributed by atoms with Crippen molar-refractivity contribution in [1.29, 1.82) is 0 Å². The van der Waals surface area contributed by atoms with Gasteiger partial charge < -0.3 is 15.2 Å². The Balaban J connectivity index is 1.49. The molecule has 0 spiro atoms. The van der Waals surface area contributed by atoms with Crippen molar-refractivity contribution in [3.8, 4) is 0 Å². The molecule has 2 aromatic heterocycles. The van der Waals surface area contributed by atoms with Crippen molar-refractivity contribution in [3.05, 3.63) is 26.6 Å². The highest BCUT2D eigenvalue weighted by Crippen LogP contribution is 2.26. The SMILES string of the molecule is CCCCN1CCC(NC(=O)C(C)SCc2nc3sc(C)c(C)c3c(=O)[nH]2)CC1. The van der Waals surface area contributed by atoms with E-state index in [0.717, 1.165) is 41.2 Å². The minimum absolute atomic E-state index is 0.0771. The summed E-state index contributed by atoms with van der Waals surface area (Å²) in [6.07, 6.45) is 4.52. The van der Waals surface area contributed by atoms with Gasteiger partial charge in [-0.25, -0.2) is 4.98 Å². The molecule has 0 bridgehead atoms. The standard InChI is InChI=1S/C21H32N4O2S2/c1-5-6-9-25-10-7-16(8-11-25)22-19(26)15(4)28-12-17-23-20(27)18-13(2)14(3)29-21(18)24-17/h15-16H,5-12H2,1-4H3,(H,22,26)(H,23,24,27). The first-order valence-corrected chi connectivity index (χ1v) is 12.4. The van der Waals surface area contributed by atoms with Crippen LogP contribution in [-0.2, 0) is 10.5 Å². The van der Waals surface area contributed by atoms with Crippen molar-refractivity contribution in [1.82, 2.24) is 20.2 Å². The van der Waals surface area contributed by atoms with Crippen molar-refractivity contribution in [2.45, 2.75) is 70.4 Å². The number of thioether (sulfide) groups is 1. The highest BCUT2D eigenvalue weighted by Gasteiger charge is 2.23. The van der Waals surface area contributed by atoms with Crippen LogP contribution in [0.3, 0.4) is 0 Å². The average Bonchev–Trinajstić information content (AvgIpc) is 2.99. The Morgan fingerprint density at radius 1 is 1.38 bits per heavy atom. The van der Waals surface area contributed by atoms with E-state index in [0.29, 0.717) is 17.0 Å². The van der Waals surface area contributed by atoms with E-state index in [1.165, 1.54) is 31.1 Å². The van der Waals surface area contributed by atoms with Crippen molar-refractivity contribution in [2.24, 2.45) is 0 Å². The van der Waals surface area contributed by atoms with Crippen LogP contribution >= 0.6 is 23.1 Å². The molecule has 2 aromatic rings. The van der Waals surface area contributed by atoms with Gasteiger partial charge in [0.2, 0.25) is 5.91 Å². The van der Waals surface area contributed by atoms with Crippen LogP contribution in [0.4, 0.5) is 0 Å². The monoisotopic (exact) mass is 436 g/mol. The van der Waals surface area contributed by atoms with Gasteiger partial charge in [-0.05, 0) is 52.1 Å². The average molecular weight is 437 g/mol. The molecule has 160 valence electrons. The van der Waals surface area contributed by atoms with Crippen LogP contribution in [0.1, 0.15) is 55.8 Å². The number of piperidine rings is 1. The van der Waals surface area contributed by atoms with E-state index in [1.807, 2.05) is 20.8 Å². The molecule has 1 fully saturated rings. The van der Waals surface area contributed by atoms with E-state index in [1.54, 1.807) is 11.3 Å². The van der Waals surface area contributed by atoms with Crippen molar-refractivity contribution >= 4 is 39.2 Å². The van der Waals surface area contributed by atoms with E-state index in [2.05, 4.69) is 27.1 Å². The molecule has 1 aliphatic heterocycles. The normalized spacial score (nSPS) is 17.0. The Morgan fingerprint density at radius 3 is 2.79 bits per heavy atom. The molecule has 29 heavy (non-hydrogen) atoms. The van der Waals surface area contributed by atoms with Gasteiger partial charge in [-0.1, -0.05) is 13.3 Å². The predicted molar refractivity (Wildman–Crippen MR) is 123 cm³/mol. The van der Waals surface area contributed by atoms with E-state index in [-0.39, 0.29) is 22.8 Å². The molecule has 6 nitrogen and oxygen atoms in total. The second-order valence-corrected chi connectivity index (χ2v) is 10.4. The van der Waals surface area contributed by atoms with Crippen LogP contribution < -0.4 is 10.9 Å². The Hall–Kier alpha value is -1.38. The number of carbonyl (C=O) groups excluding carboxylic acids is 1. The first-order valence-electron chi connectivity index (χ1n) is 10.5. The number of thiophene rings is 1. The summed E-state index contributed by atoms with van der Waals surface area (Å²) in [4.78, 5) is 36.9. The molecule has 2 N–H and O–H groups in total. The number of fused-ring (bicyclic) bond motifs is 1. The van der Waals surface area contributed by atoms with E-state index >= 15 is 0 Å². The smallest absolute Gasteiger partial charge is 0.259 e. The minimum atomic E-state index is -0.180. The summed E-state index contributed by atoms with van der Waals surface area (Å²) in [5, 5.41) is 3.72. The van der Waals surface area contributed by atoms with Crippen LogP contribution in [0.2, 0.25) is 0 Å². The molecule has 1 saturated heterocycles. The lowest BCUT2D eigenvalue weighted by Crippen LogP contribution is -2.46. The van der Waals surface area contributed by atoms with Gasteiger partial charge in [0.05, 0.1) is 16.4 Å². The molecule has 1 unspecified atom stereocenters. The molecule has 0 saturated carbocycles. The number of carbonyl (C=O) groups is 1. The highest BCUT2D eigenvalue weighted by molar-refractivity contribution is 7.99. The lowest BCUT2D eigenvalue weighted by molar-refractivity contribution is -0.121. The van der Waals surface area contributed by atoms with Gasteiger partial charge in [-0.15, -0.1) is 23.1 Å². The Labute approximate surface area is 180 Å². The Bertz CT molecular complexity index is 900. The number of nitrogens with zero attached hydrogens (tertiary/aromatic N) is 2. The summed E-state index contributed by atoms with van der Waals surface area (Å²) in [7, 11) is 0. The fourth-order valence-corrected chi connectivity index (χ4v) is 5.46. The molecule has 0 aromatic carbocycles. The predicted octanol–water partition coefficient (Wildman–Crippen LogP) is 3.60. The maximum Gasteiger partial charge on any atom is 0.259 e. The van der Waals surface area contributed by atoms with Crippen molar-refractivity contribution in [2.75, 3.05) is 19.6 Å². The second-order valence-electron chi connectivity index (χ2n) is 7.91. The molecular weight excluding hydrogens is 404 g/mol. The molecule has 0 radical (unpaired) electrons. The summed E-state index contributed by atoms with van der Waals surface area (Å²) in [6, 6.07) is 0.273. The van der Waals surface area contributed by atoms with Crippen LogP contribution in [-0.4, -0.2) is 51.7 Å². The molecule has 1 atom stereocenters. The number of aromatic nitrogens is 2. The minimum Gasteiger partial charge on any atom is -0.352 e. The van der Waals surface area contributed by atoms with Crippen LogP contribution in [0.15, 0.2) is 4.79 Å². The lowest BCUT2D eigenvalue weighted by atomic mass is 10.0. The number of H-pyrrole nitrogens is 1. The fraction of sp³-hybridized carbons (Fsp3) is 0.667. The van der Waals surface area contributed by atoms with Gasteiger partial charge in [0.15, 0.2) is 0 Å². The molecular formula is C21H32N4O2S2. The van der Waals surface area contributed by atoms with E-state index < -0.39 is 0 Å². The second kappa shape index (κ2) is 10.1. The first-order chi connectivity index (χ1) is 13.9. The van der Waals surface area contributed by atoms with Crippen LogP contribution in [0, 0.1) is 13.8 Å². The van der Waals surface area contributed by atoms with Crippen molar-refractivity contribution < 1.29 is 4.79 Å². The number of nitrogens with one attached hydrogen (secondary N) is 2. The number of amides is 1. The van der Waals surface area contributed by atoms with Gasteiger partial charge in [0.25, 0.3) is 5.56 Å². The molecule has 8 heteroatoms. The topological polar surface area (TPSA) is 78.1 Å². The molecule has 1 amide bonds.